The average Bonchev–Trinajstić information content (AvgIpc) is 2.89. The molecule has 0 saturated carbocycles. The standard InChI is InChI=1S/C18H15Cl2N3O/c1-12-5-4-7-13(9-12)18(24)21-17-16(20)11-23(22-17)10-14-6-2-3-8-15(14)19/h2-9,11H,10H2,1H3,(H,21,22,24). The summed E-state index contributed by atoms with van der Waals surface area (Å²) in [5, 5.41) is 8.11. The summed E-state index contributed by atoms with van der Waals surface area (Å²) >= 11 is 12.3. The van der Waals surface area contributed by atoms with Crippen molar-refractivity contribution in [3.8, 4) is 0 Å². The van der Waals surface area contributed by atoms with Crippen LogP contribution in [0, 0.1) is 6.92 Å². The van der Waals surface area contributed by atoms with Gasteiger partial charge < -0.3 is 5.32 Å². The zero-order chi connectivity index (χ0) is 17.1. The Labute approximate surface area is 150 Å². The van der Waals surface area contributed by atoms with Gasteiger partial charge in [0.15, 0.2) is 5.82 Å². The van der Waals surface area contributed by atoms with Crippen molar-refractivity contribution in [1.82, 2.24) is 9.78 Å². The maximum Gasteiger partial charge on any atom is 0.256 e. The number of carbonyl (C=O) groups excluding carboxylic acids is 1. The Balaban J connectivity index is 1.77. The van der Waals surface area contributed by atoms with Crippen LogP contribution in [0.15, 0.2) is 54.7 Å². The third-order valence-corrected chi connectivity index (χ3v) is 4.16. The lowest BCUT2D eigenvalue weighted by Gasteiger charge is -2.05. The van der Waals surface area contributed by atoms with Crippen LogP contribution < -0.4 is 5.32 Å². The third kappa shape index (κ3) is 3.78. The first-order valence-corrected chi connectivity index (χ1v) is 8.13. The van der Waals surface area contributed by atoms with Crippen molar-refractivity contribution >= 4 is 34.9 Å². The van der Waals surface area contributed by atoms with Crippen molar-refractivity contribution in [2.75, 3.05) is 5.32 Å². The van der Waals surface area contributed by atoms with Crippen molar-refractivity contribution in [2.24, 2.45) is 0 Å². The van der Waals surface area contributed by atoms with E-state index in [-0.39, 0.29) is 5.91 Å². The number of anilines is 1. The maximum absolute atomic E-state index is 12.3. The van der Waals surface area contributed by atoms with Crippen LogP contribution in [0.1, 0.15) is 21.5 Å². The molecule has 0 fully saturated rings. The van der Waals surface area contributed by atoms with Gasteiger partial charge in [0.25, 0.3) is 5.91 Å². The molecule has 3 rings (SSSR count). The maximum atomic E-state index is 12.3. The number of hydrogen-bond acceptors (Lipinski definition) is 2. The van der Waals surface area contributed by atoms with Crippen molar-refractivity contribution in [2.45, 2.75) is 13.5 Å². The highest BCUT2D eigenvalue weighted by molar-refractivity contribution is 6.33. The van der Waals surface area contributed by atoms with E-state index < -0.39 is 0 Å². The van der Waals surface area contributed by atoms with Crippen LogP contribution in [0.2, 0.25) is 10.0 Å². The number of carbonyl (C=O) groups is 1. The van der Waals surface area contributed by atoms with Crippen molar-refractivity contribution in [3.05, 3.63) is 81.5 Å². The van der Waals surface area contributed by atoms with E-state index in [1.165, 1.54) is 0 Å². The van der Waals surface area contributed by atoms with Gasteiger partial charge in [-0.05, 0) is 30.7 Å². The number of benzene rings is 2. The molecule has 0 aliphatic heterocycles. The minimum Gasteiger partial charge on any atom is -0.304 e. The Hall–Kier alpha value is -2.30. The minimum atomic E-state index is -0.247. The zero-order valence-corrected chi connectivity index (χ0v) is 14.5. The van der Waals surface area contributed by atoms with E-state index in [2.05, 4.69) is 10.4 Å². The summed E-state index contributed by atoms with van der Waals surface area (Å²) in [4.78, 5) is 12.3. The van der Waals surface area contributed by atoms with Gasteiger partial charge in [-0.25, -0.2) is 0 Å². The summed E-state index contributed by atoms with van der Waals surface area (Å²) in [6, 6.07) is 14.8. The summed E-state index contributed by atoms with van der Waals surface area (Å²) in [6.45, 7) is 2.40. The number of aromatic nitrogens is 2. The lowest BCUT2D eigenvalue weighted by molar-refractivity contribution is 0.102. The first-order valence-electron chi connectivity index (χ1n) is 7.37. The van der Waals surface area contributed by atoms with Gasteiger partial charge in [-0.3, -0.25) is 9.48 Å². The van der Waals surface area contributed by atoms with E-state index in [1.54, 1.807) is 16.9 Å². The van der Waals surface area contributed by atoms with Crippen LogP contribution >= 0.6 is 23.2 Å². The second-order valence-electron chi connectivity index (χ2n) is 5.44. The summed E-state index contributed by atoms with van der Waals surface area (Å²) in [7, 11) is 0. The van der Waals surface area contributed by atoms with E-state index >= 15 is 0 Å². The highest BCUT2D eigenvalue weighted by Crippen LogP contribution is 2.22. The lowest BCUT2D eigenvalue weighted by Crippen LogP contribution is -2.13. The molecule has 0 bridgehead atoms. The minimum absolute atomic E-state index is 0.247. The molecule has 0 atom stereocenters. The fourth-order valence-electron chi connectivity index (χ4n) is 2.33. The summed E-state index contributed by atoms with van der Waals surface area (Å²) in [6.07, 6.45) is 1.66. The average molecular weight is 360 g/mol. The van der Waals surface area contributed by atoms with Crippen molar-refractivity contribution in [3.63, 3.8) is 0 Å². The predicted molar refractivity (Wildman–Crippen MR) is 96.9 cm³/mol. The zero-order valence-electron chi connectivity index (χ0n) is 13.0. The molecule has 3 aromatic rings. The first kappa shape index (κ1) is 16.6. The largest absolute Gasteiger partial charge is 0.304 e. The summed E-state index contributed by atoms with van der Waals surface area (Å²) in [5.41, 5.74) is 2.50. The number of nitrogens with zero attached hydrogens (tertiary/aromatic N) is 2. The van der Waals surface area contributed by atoms with Crippen LogP contribution in [0.5, 0.6) is 0 Å². The van der Waals surface area contributed by atoms with Gasteiger partial charge in [-0.2, -0.15) is 5.10 Å². The molecule has 0 spiro atoms. The molecule has 1 aromatic heterocycles. The monoisotopic (exact) mass is 359 g/mol. The Morgan fingerprint density at radius 2 is 1.92 bits per heavy atom. The van der Waals surface area contributed by atoms with E-state index in [4.69, 9.17) is 23.2 Å². The Kier molecular flexibility index (Phi) is 4.88. The molecule has 1 N–H and O–H groups in total. The first-order chi connectivity index (χ1) is 11.5. The van der Waals surface area contributed by atoms with Gasteiger partial charge in [0.05, 0.1) is 6.54 Å². The number of hydrogen-bond donors (Lipinski definition) is 1. The van der Waals surface area contributed by atoms with Crippen molar-refractivity contribution < 1.29 is 4.79 Å². The SMILES string of the molecule is Cc1cccc(C(=O)Nc2nn(Cc3ccccc3Cl)cc2Cl)c1. The van der Waals surface area contributed by atoms with Crippen LogP contribution in [-0.2, 0) is 6.54 Å². The molecule has 0 aliphatic carbocycles. The summed E-state index contributed by atoms with van der Waals surface area (Å²) < 4.78 is 1.65. The smallest absolute Gasteiger partial charge is 0.256 e. The molecule has 4 nitrogen and oxygen atoms in total. The Morgan fingerprint density at radius 3 is 2.67 bits per heavy atom. The Bertz CT molecular complexity index is 889. The number of amides is 1. The molecule has 1 amide bonds. The topological polar surface area (TPSA) is 46.9 Å². The van der Waals surface area contributed by atoms with Gasteiger partial charge in [-0.15, -0.1) is 0 Å². The molecule has 2 aromatic carbocycles. The molecular weight excluding hydrogens is 345 g/mol. The number of rotatable bonds is 4. The third-order valence-electron chi connectivity index (χ3n) is 3.52. The predicted octanol–water partition coefficient (Wildman–Crippen LogP) is 4.80. The van der Waals surface area contributed by atoms with Crippen molar-refractivity contribution in [1.29, 1.82) is 0 Å². The van der Waals surface area contributed by atoms with Gasteiger partial charge >= 0.3 is 0 Å². The molecule has 0 aliphatic rings. The van der Waals surface area contributed by atoms with Gasteiger partial charge in [0.1, 0.15) is 5.02 Å². The van der Waals surface area contributed by atoms with Gasteiger partial charge in [0.2, 0.25) is 0 Å². The Morgan fingerprint density at radius 1 is 1.12 bits per heavy atom. The molecule has 24 heavy (non-hydrogen) atoms. The second kappa shape index (κ2) is 7.07. The van der Waals surface area contributed by atoms with E-state index in [1.807, 2.05) is 49.4 Å². The van der Waals surface area contributed by atoms with E-state index in [0.717, 1.165) is 11.1 Å². The number of halogens is 2. The summed E-state index contributed by atoms with van der Waals surface area (Å²) in [5.74, 6) is 0.0822. The fourth-order valence-corrected chi connectivity index (χ4v) is 2.72. The molecule has 6 heteroatoms. The molecule has 0 radical (unpaired) electrons. The quantitative estimate of drug-likeness (QED) is 0.727. The van der Waals surface area contributed by atoms with E-state index in [0.29, 0.717) is 28.0 Å². The molecule has 0 saturated heterocycles. The molecule has 122 valence electrons. The molecule has 0 unspecified atom stereocenters. The normalized spacial score (nSPS) is 10.6. The lowest BCUT2D eigenvalue weighted by atomic mass is 10.1. The highest BCUT2D eigenvalue weighted by Gasteiger charge is 2.13. The van der Waals surface area contributed by atoms with Crippen LogP contribution in [-0.4, -0.2) is 15.7 Å². The number of nitrogens with one attached hydrogen (secondary N) is 1. The van der Waals surface area contributed by atoms with Crippen LogP contribution in [0.25, 0.3) is 0 Å². The van der Waals surface area contributed by atoms with Gasteiger partial charge in [-0.1, -0.05) is 59.1 Å². The van der Waals surface area contributed by atoms with Gasteiger partial charge in [0, 0.05) is 16.8 Å². The fraction of sp³-hybridized carbons (Fsp3) is 0.111. The van der Waals surface area contributed by atoms with Crippen LogP contribution in [0.4, 0.5) is 5.82 Å². The number of aryl methyl sites for hydroxylation is 1. The highest BCUT2D eigenvalue weighted by atomic mass is 35.5. The van der Waals surface area contributed by atoms with E-state index in [9.17, 15) is 4.79 Å². The second-order valence-corrected chi connectivity index (χ2v) is 6.25. The molecule has 1 heterocycles. The van der Waals surface area contributed by atoms with Crippen LogP contribution in [0.3, 0.4) is 0 Å². The molecular formula is C18H15Cl2N3O.